The lowest BCUT2D eigenvalue weighted by Gasteiger charge is -2.33. The Morgan fingerprint density at radius 2 is 0.728 bits per heavy atom. The third-order valence-electron chi connectivity index (χ3n) is 19.6. The van der Waals surface area contributed by atoms with Gasteiger partial charge in [-0.1, -0.05) is 250 Å². The Balaban J connectivity index is 1.20. The Labute approximate surface area is 585 Å². The monoisotopic (exact) mass is 1360 g/mol. The van der Waals surface area contributed by atoms with Crippen LogP contribution in [0.1, 0.15) is 319 Å². The highest BCUT2D eigenvalue weighted by Crippen LogP contribution is 2.54. The number of rotatable bonds is 44. The molecule has 3 atom stereocenters. The first-order valence-electron chi connectivity index (χ1n) is 37.5. The molecule has 6 aromatic rings. The fourth-order valence-electron chi connectivity index (χ4n) is 14.0. The molecule has 0 aliphatic carbocycles. The number of carbonyl (C=O) groups excluding carboxylic acids is 1. The molecule has 1 N–H and O–H groups in total. The normalized spacial score (nSPS) is 15.4. The van der Waals surface area contributed by atoms with Crippen LogP contribution in [0.5, 0.6) is 0 Å². The number of hydrogen-bond acceptors (Lipinski definition) is 9. The van der Waals surface area contributed by atoms with E-state index in [1.165, 1.54) is 246 Å². The minimum atomic E-state index is -0.904. The summed E-state index contributed by atoms with van der Waals surface area (Å²) in [5, 5.41) is 13.5. The summed E-state index contributed by atoms with van der Waals surface area (Å²) in [5.74, 6) is 0.943. The van der Waals surface area contributed by atoms with Crippen LogP contribution in [0.3, 0.4) is 0 Å². The van der Waals surface area contributed by atoms with E-state index in [2.05, 4.69) is 154 Å². The second kappa shape index (κ2) is 37.6. The van der Waals surface area contributed by atoms with Gasteiger partial charge in [-0.05, 0) is 146 Å². The third-order valence-corrected chi connectivity index (χ3v) is 27.9. The number of thiophene rings is 6. The molecule has 3 unspecified atom stereocenters. The zero-order chi connectivity index (χ0) is 65.6. The Hall–Kier alpha value is -3.09. The number of aliphatic hydroxyl groups is 1. The van der Waals surface area contributed by atoms with Gasteiger partial charge in [-0.25, -0.2) is 0 Å². The molecule has 2 aliphatic heterocycles. The van der Waals surface area contributed by atoms with Crippen LogP contribution in [0, 0.1) is 11.8 Å². The van der Waals surface area contributed by atoms with Crippen molar-refractivity contribution in [2.45, 2.75) is 318 Å². The molecule has 0 spiro atoms. The quantitative estimate of drug-likeness (QED) is 0.0388. The first kappa shape index (κ1) is 74.7. The number of hydrogen-bond donors (Lipinski definition) is 1. The van der Waals surface area contributed by atoms with Crippen LogP contribution >= 0.6 is 68.0 Å². The van der Waals surface area contributed by atoms with E-state index >= 15 is 4.79 Å². The minimum Gasteiger partial charge on any atom is -0.369 e. The molecule has 508 valence electrons. The van der Waals surface area contributed by atoms with Gasteiger partial charge in [-0.3, -0.25) is 4.79 Å². The van der Waals surface area contributed by atoms with E-state index in [4.69, 9.17) is 0 Å². The summed E-state index contributed by atoms with van der Waals surface area (Å²) in [7, 11) is 0. The van der Waals surface area contributed by atoms with E-state index in [1.807, 2.05) is 68.0 Å². The molecule has 0 saturated carbocycles. The van der Waals surface area contributed by atoms with Gasteiger partial charge in [0.05, 0.1) is 26.7 Å². The molecule has 6 aromatic heterocycles. The van der Waals surface area contributed by atoms with Crippen molar-refractivity contribution < 1.29 is 9.90 Å². The van der Waals surface area contributed by atoms with Crippen LogP contribution in [-0.2, 0) is 28.5 Å². The van der Waals surface area contributed by atoms with Crippen molar-refractivity contribution in [2.75, 3.05) is 13.1 Å². The van der Waals surface area contributed by atoms with Crippen molar-refractivity contribution in [2.24, 2.45) is 11.8 Å². The number of unbranched alkanes of at least 4 members (excludes halogenated alkanes) is 22. The topological polar surface area (TPSA) is 43.8 Å². The molecular weight excluding hydrogens is 1240 g/mol. The van der Waals surface area contributed by atoms with E-state index in [0.29, 0.717) is 18.4 Å². The number of aliphatic hydroxyl groups excluding tert-OH is 1. The Morgan fingerprint density at radius 1 is 0.391 bits per heavy atom. The maximum Gasteiger partial charge on any atom is 0.261 e. The zero-order valence-corrected chi connectivity index (χ0v) is 64.6. The van der Waals surface area contributed by atoms with Gasteiger partial charge >= 0.3 is 0 Å². The first-order chi connectivity index (χ1) is 44.5. The second-order valence-corrected chi connectivity index (χ2v) is 36.1. The van der Waals surface area contributed by atoms with E-state index in [0.717, 1.165) is 70.9 Å². The lowest BCUT2D eigenvalue weighted by atomic mass is 9.93. The molecule has 0 radical (unpaired) electrons. The number of carbonyl (C=O) groups is 1. The molecule has 0 aromatic carbocycles. The van der Waals surface area contributed by atoms with Crippen LogP contribution in [0.15, 0.2) is 71.8 Å². The Kier molecular flexibility index (Phi) is 30.5. The molecule has 4 nitrogen and oxygen atoms in total. The minimum absolute atomic E-state index is 0.0311. The zero-order valence-electron chi connectivity index (χ0n) is 59.7. The third kappa shape index (κ3) is 20.5. The van der Waals surface area contributed by atoms with E-state index in [9.17, 15) is 5.11 Å². The molecule has 92 heavy (non-hydrogen) atoms. The number of nitrogens with zero attached hydrogens (tertiary/aromatic N) is 2. The summed E-state index contributed by atoms with van der Waals surface area (Å²) < 4.78 is 0. The van der Waals surface area contributed by atoms with Crippen LogP contribution < -0.4 is 0 Å². The summed E-state index contributed by atoms with van der Waals surface area (Å²) in [5.41, 5.74) is 6.75. The first-order valence-corrected chi connectivity index (χ1v) is 42.4. The molecule has 0 fully saturated rings. The summed E-state index contributed by atoms with van der Waals surface area (Å²) >= 11 is 11.7. The Morgan fingerprint density at radius 3 is 1.17 bits per heavy atom. The molecule has 8 heterocycles. The second-order valence-electron chi connectivity index (χ2n) is 29.7. The number of fused-ring (bicyclic) bond motifs is 1. The van der Waals surface area contributed by atoms with Crippen LogP contribution in [0.25, 0.3) is 50.4 Å². The van der Waals surface area contributed by atoms with Gasteiger partial charge in [0, 0.05) is 67.4 Å². The van der Waals surface area contributed by atoms with Gasteiger partial charge in [0.1, 0.15) is 0 Å². The lowest BCUT2D eigenvalue weighted by molar-refractivity contribution is -0.123. The average Bonchev–Trinajstić information content (AvgIpc) is 1.55. The maximum absolute atomic E-state index is 16.2. The molecule has 2 aliphatic rings. The summed E-state index contributed by atoms with van der Waals surface area (Å²) in [6, 6.07) is 23.9. The van der Waals surface area contributed by atoms with Gasteiger partial charge in [-0.2, -0.15) is 0 Å². The predicted octanol–water partition coefficient (Wildman–Crippen LogP) is 27.8. The molecule has 1 amide bonds. The smallest absolute Gasteiger partial charge is 0.261 e. The van der Waals surface area contributed by atoms with E-state index in [1.54, 1.807) is 0 Å². The highest BCUT2D eigenvalue weighted by Gasteiger charge is 2.50. The summed E-state index contributed by atoms with van der Waals surface area (Å²) in [6.07, 6.45) is 41.3. The molecule has 10 heteroatoms. The van der Waals surface area contributed by atoms with Crippen LogP contribution in [0.4, 0.5) is 0 Å². The predicted molar refractivity (Wildman–Crippen MR) is 414 cm³/mol. The van der Waals surface area contributed by atoms with Gasteiger partial charge in [0.25, 0.3) is 5.91 Å². The maximum atomic E-state index is 16.2. The lowest BCUT2D eigenvalue weighted by Crippen LogP contribution is -2.36. The average molecular weight is 1360 g/mol. The van der Waals surface area contributed by atoms with E-state index < -0.39 is 6.23 Å². The highest BCUT2D eigenvalue weighted by atomic mass is 32.1. The number of aryl methyl sites for hydroxylation is 2. The van der Waals surface area contributed by atoms with Crippen LogP contribution in [0.2, 0.25) is 0 Å². The van der Waals surface area contributed by atoms with Gasteiger partial charge < -0.3 is 14.9 Å². The van der Waals surface area contributed by atoms with Crippen molar-refractivity contribution >= 4 is 85.3 Å². The largest absolute Gasteiger partial charge is 0.369 e. The highest BCUT2D eigenvalue weighted by molar-refractivity contribution is 7.30. The van der Waals surface area contributed by atoms with Gasteiger partial charge in [0.15, 0.2) is 6.23 Å². The van der Waals surface area contributed by atoms with Gasteiger partial charge in [0.2, 0.25) is 0 Å². The molecule has 0 bridgehead atoms. The molecular formula is C82H122N2O2S6. The standard InChI is InChI=1S/C82H122N2O2S6/c1-13-19-25-31-33-37-43-59(41-35-27-21-15-3)57-83-75(73-74(80(83)86)76(68-52-54-72(90-68)82(10,11)12)84(79(73)85)58-60(42-36-28-22-16-4)44-38-34-32-26-20-14-2)67-50-49-64(88-67)63-47-48-65(87-63)69-55-61(45-39-29-23-17-5)77(91-69)78-62(46-40-30-24-18-6)56-70(92-78)66-51-53-71(89-66)81(7,8)9/h47-56,59-60,79,85H,13-46,57-58H2,1-12H3. The SMILES string of the molecule is CCCCCCCCC(CCCCCC)CN1C(=O)C2=C(c3ccc(C(C)(C)C)s3)N(CC(CCCCCC)CCCCCCCC)C(O)C2=C1c1ccc(-c2ccc(-c3cc(CCCCCC)c(-c4sc(-c5ccc(C(C)(C)C)s5)cc4CCCCCC)s3)s2)s1. The van der Waals surface area contributed by atoms with E-state index in [-0.39, 0.29) is 16.7 Å². The van der Waals surface area contributed by atoms with Crippen molar-refractivity contribution in [1.82, 2.24) is 9.80 Å². The number of amides is 1. The van der Waals surface area contributed by atoms with Crippen LogP contribution in [-0.4, -0.2) is 40.1 Å². The van der Waals surface area contributed by atoms with Crippen molar-refractivity contribution in [3.63, 3.8) is 0 Å². The van der Waals surface area contributed by atoms with Crippen molar-refractivity contribution in [3.05, 3.63) is 102 Å². The van der Waals surface area contributed by atoms with Crippen molar-refractivity contribution in [3.8, 4) is 39.0 Å². The summed E-state index contributed by atoms with van der Waals surface area (Å²) in [4.78, 5) is 36.8. The van der Waals surface area contributed by atoms with Gasteiger partial charge in [-0.15, -0.1) is 68.0 Å². The Bertz CT molecular complexity index is 3200. The molecule has 8 rings (SSSR count). The fraction of sp³-hybridized carbons (Fsp3) is 0.646. The molecule has 0 saturated heterocycles. The summed E-state index contributed by atoms with van der Waals surface area (Å²) in [6.45, 7) is 29.3. The van der Waals surface area contributed by atoms with Crippen molar-refractivity contribution in [1.29, 1.82) is 0 Å². The fourth-order valence-corrected chi connectivity index (χ4v) is 21.2.